The highest BCUT2D eigenvalue weighted by molar-refractivity contribution is 6.74. The van der Waals surface area contributed by atoms with Crippen LogP contribution in [0.15, 0.2) is 35.3 Å². The van der Waals surface area contributed by atoms with Crippen LogP contribution in [0.1, 0.15) is 26.3 Å². The molecule has 1 rings (SSSR count). The molecule has 0 radical (unpaired) electrons. The third kappa shape index (κ3) is 5.23. The summed E-state index contributed by atoms with van der Waals surface area (Å²) in [6.07, 6.45) is 3.64. The molecule has 0 aliphatic carbocycles. The van der Waals surface area contributed by atoms with Crippen LogP contribution >= 0.6 is 0 Å². The van der Waals surface area contributed by atoms with Crippen molar-refractivity contribution in [1.29, 1.82) is 0 Å². The standard InChI is InChI=1S/C16H24N2O4Si/c1-12(22-23(5,6)16(2,3)4)14(18-17)15(19)21-10-8-13-7-9-20-11-13/h7,9,11H,1,8,10H2,2-6H3. The number of esters is 1. The molecular formula is C16H24N2O4Si. The Morgan fingerprint density at radius 1 is 1.43 bits per heavy atom. The van der Waals surface area contributed by atoms with Crippen LogP contribution < -0.4 is 0 Å². The van der Waals surface area contributed by atoms with E-state index in [1.54, 1.807) is 18.6 Å². The minimum atomic E-state index is -2.18. The maximum absolute atomic E-state index is 12.0. The normalized spacial score (nSPS) is 11.5. The molecule has 7 heteroatoms. The minimum Gasteiger partial charge on any atom is -0.538 e. The van der Waals surface area contributed by atoms with Crippen molar-refractivity contribution in [3.05, 3.63) is 42.0 Å². The number of carbonyl (C=O) groups excluding carboxylic acids is 1. The van der Waals surface area contributed by atoms with Crippen LogP contribution in [-0.2, 0) is 20.4 Å². The predicted octanol–water partition coefficient (Wildman–Crippen LogP) is 3.57. The van der Waals surface area contributed by atoms with Gasteiger partial charge in [-0.2, -0.15) is 4.79 Å². The third-order valence-electron chi connectivity index (χ3n) is 3.95. The van der Waals surface area contributed by atoms with Crippen molar-refractivity contribution in [3.8, 4) is 0 Å². The molecule has 126 valence electrons. The second-order valence-corrected chi connectivity index (χ2v) is 11.5. The summed E-state index contributed by atoms with van der Waals surface area (Å²) in [5.41, 5.74) is 9.71. The Hall–Kier alpha value is -2.11. The first-order chi connectivity index (χ1) is 10.6. The number of hydrogen-bond donors (Lipinski definition) is 0. The van der Waals surface area contributed by atoms with Crippen molar-refractivity contribution in [2.75, 3.05) is 6.61 Å². The second-order valence-electron chi connectivity index (χ2n) is 6.75. The van der Waals surface area contributed by atoms with Gasteiger partial charge in [-0.05, 0) is 36.3 Å². The molecule has 1 heterocycles. The lowest BCUT2D eigenvalue weighted by Crippen LogP contribution is -2.42. The van der Waals surface area contributed by atoms with Crippen molar-refractivity contribution < 1.29 is 23.2 Å². The smallest absolute Gasteiger partial charge is 0.438 e. The lowest BCUT2D eigenvalue weighted by molar-refractivity contribution is -0.140. The Kier molecular flexibility index (Phi) is 6.12. The van der Waals surface area contributed by atoms with Crippen LogP contribution in [0.25, 0.3) is 5.53 Å². The summed E-state index contributed by atoms with van der Waals surface area (Å²) in [5.74, 6) is -0.730. The first-order valence-corrected chi connectivity index (χ1v) is 10.3. The van der Waals surface area contributed by atoms with Gasteiger partial charge in [0.25, 0.3) is 8.32 Å². The van der Waals surface area contributed by atoms with E-state index in [4.69, 9.17) is 19.1 Å². The van der Waals surface area contributed by atoms with Gasteiger partial charge in [-0.15, -0.1) is 0 Å². The molecule has 0 fully saturated rings. The largest absolute Gasteiger partial charge is 0.538 e. The number of rotatable bonds is 7. The van der Waals surface area contributed by atoms with Crippen molar-refractivity contribution >= 4 is 20.0 Å². The average molecular weight is 336 g/mol. The summed E-state index contributed by atoms with van der Waals surface area (Å²) in [5, 5.41) is -0.0678. The van der Waals surface area contributed by atoms with Crippen LogP contribution in [0.2, 0.25) is 18.1 Å². The van der Waals surface area contributed by atoms with Crippen LogP contribution in [-0.4, -0.2) is 31.4 Å². The summed E-state index contributed by atoms with van der Waals surface area (Å²) in [4.78, 5) is 15.0. The van der Waals surface area contributed by atoms with E-state index in [-0.39, 0.29) is 23.1 Å². The molecule has 0 atom stereocenters. The molecule has 0 saturated heterocycles. The van der Waals surface area contributed by atoms with Gasteiger partial charge >= 0.3 is 11.7 Å². The van der Waals surface area contributed by atoms with E-state index in [1.165, 1.54) is 0 Å². The molecule has 0 bridgehead atoms. The Morgan fingerprint density at radius 3 is 2.57 bits per heavy atom. The van der Waals surface area contributed by atoms with Gasteiger partial charge in [0.1, 0.15) is 0 Å². The lowest BCUT2D eigenvalue weighted by Gasteiger charge is -2.36. The Bertz CT molecular complexity index is 609. The van der Waals surface area contributed by atoms with E-state index < -0.39 is 14.3 Å². The minimum absolute atomic E-state index is 0.0346. The molecule has 6 nitrogen and oxygen atoms in total. The zero-order valence-electron chi connectivity index (χ0n) is 14.4. The number of hydrogen-bond acceptors (Lipinski definition) is 4. The highest BCUT2D eigenvalue weighted by Crippen LogP contribution is 2.37. The van der Waals surface area contributed by atoms with Gasteiger partial charge in [-0.25, -0.2) is 4.79 Å². The highest BCUT2D eigenvalue weighted by Gasteiger charge is 2.42. The zero-order chi connectivity index (χ0) is 17.7. The van der Waals surface area contributed by atoms with Crippen molar-refractivity contribution in [1.82, 2.24) is 0 Å². The molecule has 0 aliphatic heterocycles. The van der Waals surface area contributed by atoms with E-state index in [0.717, 1.165) is 5.56 Å². The number of furan rings is 1. The molecular weight excluding hydrogens is 312 g/mol. The third-order valence-corrected chi connectivity index (χ3v) is 8.32. The van der Waals surface area contributed by atoms with Gasteiger partial charge in [0, 0.05) is 6.42 Å². The predicted molar refractivity (Wildman–Crippen MR) is 89.4 cm³/mol. The number of ether oxygens (including phenoxy) is 1. The molecule has 0 spiro atoms. The zero-order valence-corrected chi connectivity index (χ0v) is 15.4. The van der Waals surface area contributed by atoms with Crippen molar-refractivity contribution in [3.63, 3.8) is 0 Å². The SMILES string of the molecule is C=C(O[Si](C)(C)C(C)(C)C)C(=[N+]=[N-])C(=O)OCCc1ccoc1. The molecule has 23 heavy (non-hydrogen) atoms. The van der Waals surface area contributed by atoms with Crippen LogP contribution in [0.3, 0.4) is 0 Å². The van der Waals surface area contributed by atoms with E-state index >= 15 is 0 Å². The molecule has 0 aliphatic rings. The summed E-state index contributed by atoms with van der Waals surface area (Å²) < 4.78 is 15.9. The van der Waals surface area contributed by atoms with Crippen molar-refractivity contribution in [2.45, 2.75) is 45.3 Å². The fourth-order valence-corrected chi connectivity index (χ4v) is 2.50. The Labute approximate surface area is 137 Å². The highest BCUT2D eigenvalue weighted by atomic mass is 28.4. The maximum Gasteiger partial charge on any atom is 0.438 e. The first-order valence-electron chi connectivity index (χ1n) is 7.37. The van der Waals surface area contributed by atoms with Crippen LogP contribution in [0.5, 0.6) is 0 Å². The van der Waals surface area contributed by atoms with Crippen LogP contribution in [0, 0.1) is 0 Å². The van der Waals surface area contributed by atoms with Gasteiger partial charge in [0.2, 0.25) is 0 Å². The van der Waals surface area contributed by atoms with Gasteiger partial charge in [-0.3, -0.25) is 0 Å². The van der Waals surface area contributed by atoms with E-state index in [9.17, 15) is 4.79 Å². The summed E-state index contributed by atoms with van der Waals surface area (Å²) in [7, 11) is -2.18. The number of carbonyl (C=O) groups is 1. The van der Waals surface area contributed by atoms with E-state index in [2.05, 4.69) is 32.1 Å². The lowest BCUT2D eigenvalue weighted by atomic mass is 10.2. The van der Waals surface area contributed by atoms with Gasteiger partial charge in [-0.1, -0.05) is 20.8 Å². The summed E-state index contributed by atoms with van der Waals surface area (Å²) in [6, 6.07) is 1.79. The molecule has 0 unspecified atom stereocenters. The topological polar surface area (TPSA) is 85.1 Å². The van der Waals surface area contributed by atoms with Crippen molar-refractivity contribution in [2.24, 2.45) is 0 Å². The first kappa shape index (κ1) is 18.9. The monoisotopic (exact) mass is 336 g/mol. The maximum atomic E-state index is 12.0. The molecule has 1 aromatic heterocycles. The molecule has 1 aromatic rings. The quantitative estimate of drug-likeness (QED) is 0.190. The Balaban J connectivity index is 2.63. The fourth-order valence-electron chi connectivity index (χ4n) is 1.48. The van der Waals surface area contributed by atoms with Gasteiger partial charge < -0.3 is 19.1 Å². The van der Waals surface area contributed by atoms with Gasteiger partial charge in [0.05, 0.1) is 19.1 Å². The average Bonchev–Trinajstić information content (AvgIpc) is 2.90. The second kappa shape index (κ2) is 7.44. The van der Waals surface area contributed by atoms with Gasteiger partial charge in [0.15, 0.2) is 5.76 Å². The molecule has 0 N–H and O–H groups in total. The van der Waals surface area contributed by atoms with Crippen LogP contribution in [0.4, 0.5) is 0 Å². The molecule has 0 saturated carbocycles. The van der Waals surface area contributed by atoms with E-state index in [0.29, 0.717) is 6.42 Å². The molecule has 0 amide bonds. The summed E-state index contributed by atoms with van der Waals surface area (Å²) >= 11 is 0. The van der Waals surface area contributed by atoms with E-state index in [1.807, 2.05) is 13.1 Å². The fraction of sp³-hybridized carbons (Fsp3) is 0.500. The number of nitrogens with zero attached hydrogens (tertiary/aromatic N) is 2. The Morgan fingerprint density at radius 2 is 2.09 bits per heavy atom. The summed E-state index contributed by atoms with van der Waals surface area (Å²) in [6.45, 7) is 14.1. The molecule has 0 aromatic carbocycles.